The summed E-state index contributed by atoms with van der Waals surface area (Å²) in [5.41, 5.74) is 4.55. The van der Waals surface area contributed by atoms with Crippen LogP contribution < -0.4 is 14.2 Å². The molecule has 3 nitrogen and oxygen atoms in total. The highest BCUT2D eigenvalue weighted by Gasteiger charge is 2.27. The van der Waals surface area contributed by atoms with Gasteiger partial charge in [-0.25, -0.2) is 0 Å². The van der Waals surface area contributed by atoms with E-state index < -0.39 is 0 Å². The molecular weight excluding hydrogens is 336 g/mol. The Morgan fingerprint density at radius 1 is 0.889 bits per heavy atom. The topological polar surface area (TPSA) is 27.7 Å². The Morgan fingerprint density at radius 2 is 1.67 bits per heavy atom. The minimum absolute atomic E-state index is 0.0814. The van der Waals surface area contributed by atoms with E-state index in [-0.39, 0.29) is 6.10 Å². The smallest absolute Gasteiger partial charge is 0.168 e. The van der Waals surface area contributed by atoms with Gasteiger partial charge in [-0.15, -0.1) is 0 Å². The molecule has 3 heteroatoms. The van der Waals surface area contributed by atoms with E-state index in [0.29, 0.717) is 0 Å². The molecule has 3 aromatic carbocycles. The van der Waals surface area contributed by atoms with Crippen LogP contribution in [0.2, 0.25) is 0 Å². The highest BCUT2D eigenvalue weighted by Crippen LogP contribution is 2.45. The molecule has 0 aliphatic carbocycles. The number of hydrogen-bond donors (Lipinski definition) is 0. The van der Waals surface area contributed by atoms with Crippen LogP contribution in [-0.2, 0) is 12.8 Å². The van der Waals surface area contributed by atoms with Crippen LogP contribution >= 0.6 is 0 Å². The molecule has 1 heterocycles. The Labute approximate surface area is 160 Å². The van der Waals surface area contributed by atoms with E-state index >= 15 is 0 Å². The second-order valence-corrected chi connectivity index (χ2v) is 6.62. The van der Waals surface area contributed by atoms with Crippen LogP contribution in [0.5, 0.6) is 17.2 Å². The number of para-hydroxylation sites is 2. The minimum Gasteiger partial charge on any atom is -0.493 e. The largest absolute Gasteiger partial charge is 0.493 e. The second kappa shape index (κ2) is 7.75. The Kier molecular flexibility index (Phi) is 5.01. The van der Waals surface area contributed by atoms with Crippen LogP contribution in [-0.4, -0.2) is 20.3 Å². The quantitative estimate of drug-likeness (QED) is 0.611. The lowest BCUT2D eigenvalue weighted by atomic mass is 9.98. The van der Waals surface area contributed by atoms with Gasteiger partial charge in [-0.1, -0.05) is 60.7 Å². The van der Waals surface area contributed by atoms with Crippen molar-refractivity contribution in [3.8, 4) is 28.4 Å². The molecule has 0 amide bonds. The lowest BCUT2D eigenvalue weighted by molar-refractivity contribution is 0.264. The van der Waals surface area contributed by atoms with Gasteiger partial charge in [0.25, 0.3) is 0 Å². The first-order valence-electron chi connectivity index (χ1n) is 9.17. The van der Waals surface area contributed by atoms with Crippen molar-refractivity contribution in [2.24, 2.45) is 0 Å². The third kappa shape index (κ3) is 3.50. The second-order valence-electron chi connectivity index (χ2n) is 6.62. The summed E-state index contributed by atoms with van der Waals surface area (Å²) in [5, 5.41) is 0. The lowest BCUT2D eigenvalue weighted by Crippen LogP contribution is -2.14. The first kappa shape index (κ1) is 17.5. The highest BCUT2D eigenvalue weighted by atomic mass is 16.5. The maximum atomic E-state index is 6.34. The monoisotopic (exact) mass is 359 g/mol. The van der Waals surface area contributed by atoms with Crippen LogP contribution in [0.3, 0.4) is 0 Å². The predicted molar refractivity (Wildman–Crippen MR) is 108 cm³/mol. The summed E-state index contributed by atoms with van der Waals surface area (Å²) in [4.78, 5) is 0. The molecule has 3 aromatic rings. The van der Waals surface area contributed by atoms with Gasteiger partial charge in [0, 0.05) is 24.0 Å². The van der Waals surface area contributed by atoms with E-state index in [1.807, 2.05) is 24.3 Å². The van der Waals surface area contributed by atoms with E-state index in [4.69, 9.17) is 14.2 Å². The van der Waals surface area contributed by atoms with E-state index in [9.17, 15) is 0 Å². The molecule has 1 aliphatic heterocycles. The van der Waals surface area contributed by atoms with Crippen molar-refractivity contribution in [3.05, 3.63) is 84.3 Å². The molecule has 0 fully saturated rings. The molecule has 137 valence electrons. The van der Waals surface area contributed by atoms with Crippen LogP contribution in [0.15, 0.2) is 66.7 Å². The Balaban J connectivity index is 1.59. The summed E-state index contributed by atoms with van der Waals surface area (Å²) in [6, 6.07) is 22.7. The fourth-order valence-electron chi connectivity index (χ4n) is 3.62. The van der Waals surface area contributed by atoms with Gasteiger partial charge in [-0.3, -0.25) is 0 Å². The van der Waals surface area contributed by atoms with Gasteiger partial charge < -0.3 is 14.2 Å². The molecule has 0 saturated carbocycles. The standard InChI is InChI=1S/C24H23O3/c1-25-22-13-7-12-21(24(22)26-2)20-11-6-10-18-16-19(27-23(18)20)15-14-17-8-4-3-5-9-17/h3-13,15,19H,14,16H2,1-2H3. The van der Waals surface area contributed by atoms with E-state index in [1.165, 1.54) is 11.1 Å². The predicted octanol–water partition coefficient (Wildman–Crippen LogP) is 5.12. The summed E-state index contributed by atoms with van der Waals surface area (Å²) in [6.07, 6.45) is 4.12. The van der Waals surface area contributed by atoms with E-state index in [1.54, 1.807) is 14.2 Å². The van der Waals surface area contributed by atoms with Gasteiger partial charge in [0.2, 0.25) is 0 Å². The molecule has 27 heavy (non-hydrogen) atoms. The maximum Gasteiger partial charge on any atom is 0.168 e. The molecule has 1 aliphatic rings. The van der Waals surface area contributed by atoms with Gasteiger partial charge in [0.15, 0.2) is 11.5 Å². The van der Waals surface area contributed by atoms with Crippen molar-refractivity contribution in [1.29, 1.82) is 0 Å². The van der Waals surface area contributed by atoms with Crippen molar-refractivity contribution in [1.82, 2.24) is 0 Å². The average Bonchev–Trinajstić information content (AvgIpc) is 3.15. The highest BCUT2D eigenvalue weighted by molar-refractivity contribution is 5.80. The molecule has 0 bridgehead atoms. The van der Waals surface area contributed by atoms with Crippen molar-refractivity contribution in [2.75, 3.05) is 14.2 Å². The molecule has 0 N–H and O–H groups in total. The maximum absolute atomic E-state index is 6.34. The Hall–Kier alpha value is -2.94. The fourth-order valence-corrected chi connectivity index (χ4v) is 3.62. The SMILES string of the molecule is COc1cccc(-c2cccc3c2OC([CH]Cc2ccccc2)C3)c1OC. The molecule has 0 spiro atoms. The summed E-state index contributed by atoms with van der Waals surface area (Å²) < 4.78 is 17.4. The van der Waals surface area contributed by atoms with Crippen molar-refractivity contribution in [2.45, 2.75) is 18.9 Å². The number of rotatable bonds is 6. The number of ether oxygens (including phenoxy) is 3. The fraction of sp³-hybridized carbons (Fsp3) is 0.208. The molecule has 1 unspecified atom stereocenters. The number of hydrogen-bond acceptors (Lipinski definition) is 3. The normalized spacial score (nSPS) is 15.1. The number of methoxy groups -OCH3 is 2. The summed E-state index contributed by atoms with van der Waals surface area (Å²) in [6.45, 7) is 0. The van der Waals surface area contributed by atoms with E-state index in [0.717, 1.165) is 41.2 Å². The Bertz CT molecular complexity index is 918. The molecule has 1 radical (unpaired) electrons. The number of benzene rings is 3. The van der Waals surface area contributed by atoms with Crippen molar-refractivity contribution in [3.63, 3.8) is 0 Å². The first-order valence-corrected chi connectivity index (χ1v) is 9.17. The summed E-state index contributed by atoms with van der Waals surface area (Å²) in [5.74, 6) is 2.39. The Morgan fingerprint density at radius 3 is 2.44 bits per heavy atom. The zero-order valence-corrected chi connectivity index (χ0v) is 15.6. The van der Waals surface area contributed by atoms with Crippen LogP contribution in [0.4, 0.5) is 0 Å². The van der Waals surface area contributed by atoms with Gasteiger partial charge in [0.1, 0.15) is 11.9 Å². The molecule has 0 aromatic heterocycles. The minimum atomic E-state index is 0.0814. The van der Waals surface area contributed by atoms with Gasteiger partial charge in [-0.2, -0.15) is 0 Å². The van der Waals surface area contributed by atoms with Crippen LogP contribution in [0.25, 0.3) is 11.1 Å². The summed E-state index contributed by atoms with van der Waals surface area (Å²) in [7, 11) is 3.32. The van der Waals surface area contributed by atoms with Crippen LogP contribution in [0, 0.1) is 6.42 Å². The zero-order valence-electron chi connectivity index (χ0n) is 15.6. The molecular formula is C24H23O3. The average molecular weight is 359 g/mol. The van der Waals surface area contributed by atoms with Crippen molar-refractivity contribution >= 4 is 0 Å². The molecule has 0 saturated heterocycles. The molecule has 1 atom stereocenters. The third-order valence-electron chi connectivity index (χ3n) is 4.94. The third-order valence-corrected chi connectivity index (χ3v) is 4.94. The summed E-state index contributed by atoms with van der Waals surface area (Å²) >= 11 is 0. The molecule has 4 rings (SSSR count). The van der Waals surface area contributed by atoms with Gasteiger partial charge in [-0.05, 0) is 23.6 Å². The van der Waals surface area contributed by atoms with E-state index in [2.05, 4.69) is 48.9 Å². The van der Waals surface area contributed by atoms with Crippen LogP contribution in [0.1, 0.15) is 11.1 Å². The van der Waals surface area contributed by atoms with Gasteiger partial charge >= 0.3 is 0 Å². The lowest BCUT2D eigenvalue weighted by Gasteiger charge is -2.16. The number of fused-ring (bicyclic) bond motifs is 1. The zero-order chi connectivity index (χ0) is 18.6. The van der Waals surface area contributed by atoms with Gasteiger partial charge in [0.05, 0.1) is 14.2 Å². The first-order chi connectivity index (χ1) is 13.3. The van der Waals surface area contributed by atoms with Crippen molar-refractivity contribution < 1.29 is 14.2 Å².